The van der Waals surface area contributed by atoms with Crippen LogP contribution in [0.2, 0.25) is 0 Å². The second-order valence-corrected chi connectivity index (χ2v) is 6.31. The van der Waals surface area contributed by atoms with Crippen LogP contribution in [0.4, 0.5) is 0 Å². The van der Waals surface area contributed by atoms with E-state index in [-0.39, 0.29) is 0 Å². The third-order valence-electron chi connectivity index (χ3n) is 4.55. The van der Waals surface area contributed by atoms with Crippen LogP contribution in [0.15, 0.2) is 0 Å². The largest absolute Gasteiger partial charge is 0.310 e. The molecule has 0 aromatic carbocycles. The van der Waals surface area contributed by atoms with Crippen LogP contribution in [0.3, 0.4) is 0 Å². The Bertz CT molecular complexity index is 205. The van der Waals surface area contributed by atoms with Crippen LogP contribution in [0.25, 0.3) is 0 Å². The van der Waals surface area contributed by atoms with Gasteiger partial charge in [-0.15, -0.1) is 0 Å². The molecule has 1 heteroatoms. The number of hydrogen-bond donors (Lipinski definition) is 1. The highest BCUT2D eigenvalue weighted by molar-refractivity contribution is 4.93. The first-order valence-electron chi connectivity index (χ1n) is 6.89. The van der Waals surface area contributed by atoms with E-state index in [1.165, 1.54) is 44.9 Å². The maximum absolute atomic E-state index is 3.96. The zero-order valence-corrected chi connectivity index (χ0v) is 10.7. The Hall–Kier alpha value is -0.0400. The first-order chi connectivity index (χ1) is 7.13. The molecule has 2 aliphatic carbocycles. The molecule has 1 nitrogen and oxygen atoms in total. The molecular weight excluding hydrogens is 182 g/mol. The van der Waals surface area contributed by atoms with Gasteiger partial charge in [-0.25, -0.2) is 0 Å². The highest BCUT2D eigenvalue weighted by Gasteiger charge is 2.37. The highest BCUT2D eigenvalue weighted by Crippen LogP contribution is 2.39. The smallest absolute Gasteiger partial charge is 0.0121 e. The summed E-state index contributed by atoms with van der Waals surface area (Å²) in [6.45, 7) is 7.23. The normalized spacial score (nSPS) is 32.6. The molecule has 0 radical (unpaired) electrons. The third kappa shape index (κ3) is 2.75. The van der Waals surface area contributed by atoms with E-state index in [0.29, 0.717) is 5.41 Å². The lowest BCUT2D eigenvalue weighted by atomic mass is 9.73. The van der Waals surface area contributed by atoms with E-state index in [1.54, 1.807) is 0 Å². The predicted molar refractivity (Wildman–Crippen MR) is 66.0 cm³/mol. The summed E-state index contributed by atoms with van der Waals surface area (Å²) in [7, 11) is 0. The van der Waals surface area contributed by atoms with Gasteiger partial charge in [-0.3, -0.25) is 0 Å². The van der Waals surface area contributed by atoms with Crippen molar-refractivity contribution in [3.63, 3.8) is 0 Å². The van der Waals surface area contributed by atoms with Gasteiger partial charge in [-0.05, 0) is 43.4 Å². The molecule has 2 unspecified atom stereocenters. The van der Waals surface area contributed by atoms with Gasteiger partial charge in [0, 0.05) is 12.1 Å². The molecule has 0 saturated heterocycles. The predicted octanol–water partition coefficient (Wildman–Crippen LogP) is 3.73. The molecule has 2 fully saturated rings. The van der Waals surface area contributed by atoms with E-state index in [2.05, 4.69) is 26.1 Å². The highest BCUT2D eigenvalue weighted by atomic mass is 15.0. The molecule has 2 atom stereocenters. The van der Waals surface area contributed by atoms with E-state index in [4.69, 9.17) is 0 Å². The van der Waals surface area contributed by atoms with Crippen molar-refractivity contribution >= 4 is 0 Å². The summed E-state index contributed by atoms with van der Waals surface area (Å²) in [4.78, 5) is 0. The molecule has 2 saturated carbocycles. The van der Waals surface area contributed by atoms with E-state index in [1.807, 2.05) is 0 Å². The Balaban J connectivity index is 1.90. The van der Waals surface area contributed by atoms with Crippen LogP contribution in [-0.2, 0) is 0 Å². The Kier molecular flexibility index (Phi) is 3.39. The molecular formula is C14H27N. The fourth-order valence-corrected chi connectivity index (χ4v) is 3.15. The summed E-state index contributed by atoms with van der Waals surface area (Å²) in [5.41, 5.74) is 0.528. The first kappa shape index (κ1) is 11.4. The van der Waals surface area contributed by atoms with Gasteiger partial charge in [0.2, 0.25) is 0 Å². The third-order valence-corrected chi connectivity index (χ3v) is 4.55. The average molecular weight is 209 g/mol. The van der Waals surface area contributed by atoms with Gasteiger partial charge >= 0.3 is 0 Å². The summed E-state index contributed by atoms with van der Waals surface area (Å²) in [6, 6.07) is 1.59. The van der Waals surface area contributed by atoms with Crippen molar-refractivity contribution < 1.29 is 0 Å². The minimum atomic E-state index is 0.528. The van der Waals surface area contributed by atoms with Gasteiger partial charge in [0.05, 0.1) is 0 Å². The van der Waals surface area contributed by atoms with Crippen LogP contribution >= 0.6 is 0 Å². The van der Waals surface area contributed by atoms with Gasteiger partial charge in [0.15, 0.2) is 0 Å². The van der Waals surface area contributed by atoms with E-state index in [9.17, 15) is 0 Å². The quantitative estimate of drug-likeness (QED) is 0.744. The Morgan fingerprint density at radius 3 is 2.47 bits per heavy atom. The Morgan fingerprint density at radius 2 is 1.93 bits per heavy atom. The minimum Gasteiger partial charge on any atom is -0.310 e. The fraction of sp³-hybridized carbons (Fsp3) is 1.00. The molecule has 0 spiro atoms. The summed E-state index contributed by atoms with van der Waals surface area (Å²) >= 11 is 0. The molecule has 0 bridgehead atoms. The molecule has 0 aromatic rings. The molecule has 0 aliphatic heterocycles. The van der Waals surface area contributed by atoms with Crippen LogP contribution in [-0.4, -0.2) is 12.1 Å². The number of nitrogens with one attached hydrogen (secondary N) is 1. The zero-order valence-electron chi connectivity index (χ0n) is 10.7. The van der Waals surface area contributed by atoms with Crippen LogP contribution in [0, 0.1) is 11.3 Å². The minimum absolute atomic E-state index is 0.528. The van der Waals surface area contributed by atoms with E-state index >= 15 is 0 Å². The zero-order chi connectivity index (χ0) is 10.9. The van der Waals surface area contributed by atoms with Crippen molar-refractivity contribution in [2.24, 2.45) is 11.3 Å². The lowest BCUT2D eigenvalue weighted by Gasteiger charge is -2.41. The Labute approximate surface area is 95.0 Å². The maximum Gasteiger partial charge on any atom is 0.0121 e. The van der Waals surface area contributed by atoms with Crippen molar-refractivity contribution in [1.29, 1.82) is 0 Å². The summed E-state index contributed by atoms with van der Waals surface area (Å²) in [5, 5.41) is 3.96. The van der Waals surface area contributed by atoms with Gasteiger partial charge in [-0.2, -0.15) is 0 Å². The lowest BCUT2D eigenvalue weighted by Crippen LogP contribution is -2.49. The van der Waals surface area contributed by atoms with Gasteiger partial charge in [-0.1, -0.05) is 33.6 Å². The second-order valence-electron chi connectivity index (χ2n) is 6.31. The van der Waals surface area contributed by atoms with E-state index < -0.39 is 0 Å². The van der Waals surface area contributed by atoms with Gasteiger partial charge < -0.3 is 5.32 Å². The van der Waals surface area contributed by atoms with Crippen molar-refractivity contribution in [1.82, 2.24) is 5.32 Å². The first-order valence-corrected chi connectivity index (χ1v) is 6.89. The second kappa shape index (κ2) is 4.45. The van der Waals surface area contributed by atoms with Crippen molar-refractivity contribution in [3.8, 4) is 0 Å². The number of rotatable bonds is 4. The standard InChI is InChI=1S/C14H27N/c1-4-12(11-8-9-11)15-13-7-5-6-10-14(13,2)3/h11-13,15H,4-10H2,1-3H3. The van der Waals surface area contributed by atoms with Crippen LogP contribution in [0.5, 0.6) is 0 Å². The van der Waals surface area contributed by atoms with Crippen LogP contribution < -0.4 is 5.32 Å². The molecule has 2 rings (SSSR count). The molecule has 15 heavy (non-hydrogen) atoms. The topological polar surface area (TPSA) is 12.0 Å². The van der Waals surface area contributed by atoms with Crippen molar-refractivity contribution in [3.05, 3.63) is 0 Å². The molecule has 0 amide bonds. The lowest BCUT2D eigenvalue weighted by molar-refractivity contribution is 0.150. The van der Waals surface area contributed by atoms with Gasteiger partial charge in [0.25, 0.3) is 0 Å². The monoisotopic (exact) mass is 209 g/mol. The molecule has 0 heterocycles. The van der Waals surface area contributed by atoms with Crippen molar-refractivity contribution in [2.75, 3.05) is 0 Å². The SMILES string of the molecule is CCC(NC1CCCCC1(C)C)C1CC1. The van der Waals surface area contributed by atoms with Crippen molar-refractivity contribution in [2.45, 2.75) is 77.8 Å². The molecule has 0 aromatic heterocycles. The molecule has 88 valence electrons. The van der Waals surface area contributed by atoms with Gasteiger partial charge in [0.1, 0.15) is 0 Å². The summed E-state index contributed by atoms with van der Waals surface area (Å²) in [6.07, 6.45) is 9.93. The van der Waals surface area contributed by atoms with Crippen LogP contribution in [0.1, 0.15) is 65.7 Å². The molecule has 2 aliphatic rings. The number of hydrogen-bond acceptors (Lipinski definition) is 1. The van der Waals surface area contributed by atoms with E-state index in [0.717, 1.165) is 18.0 Å². The maximum atomic E-state index is 3.96. The average Bonchev–Trinajstić information content (AvgIpc) is 2.99. The Morgan fingerprint density at radius 1 is 1.20 bits per heavy atom. The molecule has 1 N–H and O–H groups in total. The summed E-state index contributed by atoms with van der Waals surface area (Å²) in [5.74, 6) is 1.01. The summed E-state index contributed by atoms with van der Waals surface area (Å²) < 4.78 is 0. The fourth-order valence-electron chi connectivity index (χ4n) is 3.15.